The molecule has 1 aliphatic rings. The van der Waals surface area contributed by atoms with Crippen LogP contribution >= 0.6 is 0 Å². The molecule has 5 rings (SSSR count). The number of fused-ring (bicyclic) bond motifs is 1. The van der Waals surface area contributed by atoms with Gasteiger partial charge in [-0.15, -0.1) is 0 Å². The first-order chi connectivity index (χ1) is 18.2. The highest BCUT2D eigenvalue weighted by molar-refractivity contribution is 7.90. The Labute approximate surface area is 219 Å². The van der Waals surface area contributed by atoms with Gasteiger partial charge in [-0.2, -0.15) is 0 Å². The first-order valence-corrected chi connectivity index (χ1v) is 13.9. The number of rotatable bonds is 6. The first kappa shape index (κ1) is 25.9. The summed E-state index contributed by atoms with van der Waals surface area (Å²) in [6.45, 7) is 0.648. The van der Waals surface area contributed by atoms with Gasteiger partial charge in [-0.3, -0.25) is 9.78 Å². The number of sulfone groups is 1. The Hall–Kier alpha value is -3.69. The average Bonchev–Trinajstić information content (AvgIpc) is 2.90. The van der Waals surface area contributed by atoms with Crippen molar-refractivity contribution < 1.29 is 27.1 Å². The number of piperidine rings is 1. The summed E-state index contributed by atoms with van der Waals surface area (Å²) in [5.74, 6) is -1.45. The minimum atomic E-state index is -3.83. The van der Waals surface area contributed by atoms with Crippen molar-refractivity contribution in [2.45, 2.75) is 35.5 Å². The topological polar surface area (TPSA) is 87.6 Å². The highest BCUT2D eigenvalue weighted by Gasteiger charge is 2.35. The van der Waals surface area contributed by atoms with Crippen LogP contribution in [0.3, 0.4) is 0 Å². The van der Waals surface area contributed by atoms with Crippen LogP contribution < -0.4 is 0 Å². The molecule has 1 amide bonds. The molecule has 1 fully saturated rings. The summed E-state index contributed by atoms with van der Waals surface area (Å²) in [6.07, 6.45) is 2.25. The van der Waals surface area contributed by atoms with E-state index in [2.05, 4.69) is 4.98 Å². The maximum Gasteiger partial charge on any atom is 0.253 e. The number of nitrogens with zero attached hydrogens (tertiary/aromatic N) is 2. The first-order valence-electron chi connectivity index (χ1n) is 12.3. The molecule has 0 radical (unpaired) electrons. The van der Waals surface area contributed by atoms with Crippen LogP contribution in [0, 0.1) is 11.6 Å². The number of likely N-dealkylation sites (tertiary alicyclic amines) is 1. The fraction of sp³-hybridized carbons (Fsp3) is 0.241. The zero-order chi connectivity index (χ0) is 26.9. The van der Waals surface area contributed by atoms with Crippen molar-refractivity contribution in [1.29, 1.82) is 0 Å². The number of benzene rings is 3. The number of carbonyl (C=O) groups is 1. The van der Waals surface area contributed by atoms with Crippen LogP contribution in [-0.4, -0.2) is 48.0 Å². The Bertz CT molecular complexity index is 1600. The summed E-state index contributed by atoms with van der Waals surface area (Å²) in [5.41, 5.74) is 0.327. The predicted octanol–water partition coefficient (Wildman–Crippen LogP) is 4.70. The van der Waals surface area contributed by atoms with E-state index in [1.165, 1.54) is 24.4 Å². The van der Waals surface area contributed by atoms with E-state index in [0.29, 0.717) is 42.6 Å². The zero-order valence-electron chi connectivity index (χ0n) is 20.5. The molecule has 4 aromatic rings. The lowest BCUT2D eigenvalue weighted by molar-refractivity contribution is -0.0167. The van der Waals surface area contributed by atoms with Crippen molar-refractivity contribution in [2.24, 2.45) is 0 Å². The number of halogens is 2. The van der Waals surface area contributed by atoms with E-state index < -0.39 is 21.3 Å². The molecule has 0 unspecified atom stereocenters. The molecule has 0 saturated carbocycles. The van der Waals surface area contributed by atoms with E-state index in [0.717, 1.165) is 6.07 Å². The summed E-state index contributed by atoms with van der Waals surface area (Å²) in [7, 11) is -3.83. The van der Waals surface area contributed by atoms with Crippen LogP contribution in [0.25, 0.3) is 10.9 Å². The van der Waals surface area contributed by atoms with Gasteiger partial charge < -0.3 is 10.0 Å². The molecule has 0 spiro atoms. The van der Waals surface area contributed by atoms with Gasteiger partial charge in [0.05, 0.1) is 21.8 Å². The number of aromatic nitrogens is 1. The molecular formula is C29H26F2N2O4S. The maximum absolute atomic E-state index is 14.1. The fourth-order valence-corrected chi connectivity index (χ4v) is 6.40. The second kappa shape index (κ2) is 10.2. The van der Waals surface area contributed by atoms with Crippen LogP contribution in [0.1, 0.15) is 34.3 Å². The van der Waals surface area contributed by atoms with Gasteiger partial charge in [-0.05, 0) is 66.4 Å². The molecule has 9 heteroatoms. The van der Waals surface area contributed by atoms with E-state index in [9.17, 15) is 27.1 Å². The lowest BCUT2D eigenvalue weighted by Gasteiger charge is -2.38. The Morgan fingerprint density at radius 1 is 0.921 bits per heavy atom. The van der Waals surface area contributed by atoms with Crippen molar-refractivity contribution in [3.8, 4) is 0 Å². The summed E-state index contributed by atoms with van der Waals surface area (Å²) in [5, 5.41) is 11.1. The molecule has 0 aliphatic carbocycles. The van der Waals surface area contributed by atoms with Crippen LogP contribution in [0.15, 0.2) is 83.9 Å². The molecule has 0 atom stereocenters. The average molecular weight is 537 g/mol. The molecule has 1 aromatic heterocycles. The Morgan fingerprint density at radius 2 is 1.63 bits per heavy atom. The van der Waals surface area contributed by atoms with Gasteiger partial charge in [0.15, 0.2) is 9.84 Å². The molecule has 1 aliphatic heterocycles. The van der Waals surface area contributed by atoms with E-state index in [4.69, 9.17) is 0 Å². The number of carbonyl (C=O) groups excluding carboxylic acids is 1. The smallest absolute Gasteiger partial charge is 0.253 e. The molecule has 38 heavy (non-hydrogen) atoms. The molecule has 196 valence electrons. The molecule has 3 aromatic carbocycles. The van der Waals surface area contributed by atoms with Crippen molar-refractivity contribution in [3.63, 3.8) is 0 Å². The Morgan fingerprint density at radius 3 is 2.34 bits per heavy atom. The predicted molar refractivity (Wildman–Crippen MR) is 139 cm³/mol. The van der Waals surface area contributed by atoms with E-state index >= 15 is 0 Å². The third-order valence-corrected chi connectivity index (χ3v) is 8.74. The monoisotopic (exact) mass is 536 g/mol. The molecular weight excluding hydrogens is 510 g/mol. The van der Waals surface area contributed by atoms with Gasteiger partial charge in [0, 0.05) is 36.7 Å². The minimum absolute atomic E-state index is 0.0501. The van der Waals surface area contributed by atoms with Crippen molar-refractivity contribution in [2.75, 3.05) is 13.1 Å². The quantitative estimate of drug-likeness (QED) is 0.361. The summed E-state index contributed by atoms with van der Waals surface area (Å²) in [4.78, 5) is 18.7. The molecule has 1 saturated heterocycles. The molecule has 6 nitrogen and oxygen atoms in total. The normalized spacial score (nSPS) is 15.5. The molecule has 1 N–H and O–H groups in total. The van der Waals surface area contributed by atoms with Gasteiger partial charge in [0.25, 0.3) is 5.91 Å². The number of hydrogen-bond acceptors (Lipinski definition) is 5. The van der Waals surface area contributed by atoms with Gasteiger partial charge in [-0.25, -0.2) is 17.2 Å². The Kier molecular flexibility index (Phi) is 6.98. The van der Waals surface area contributed by atoms with Gasteiger partial charge in [0.1, 0.15) is 11.6 Å². The number of aliphatic hydroxyl groups is 1. The lowest BCUT2D eigenvalue weighted by Crippen LogP contribution is -2.47. The van der Waals surface area contributed by atoms with Gasteiger partial charge in [0.2, 0.25) is 0 Å². The lowest BCUT2D eigenvalue weighted by atomic mass is 9.85. The van der Waals surface area contributed by atoms with Gasteiger partial charge >= 0.3 is 0 Å². The van der Waals surface area contributed by atoms with E-state index in [1.54, 1.807) is 53.4 Å². The largest absolute Gasteiger partial charge is 0.389 e. The van der Waals surface area contributed by atoms with Crippen LogP contribution in [-0.2, 0) is 22.0 Å². The molecule has 0 bridgehead atoms. The highest BCUT2D eigenvalue weighted by atomic mass is 32.2. The number of amides is 1. The summed E-state index contributed by atoms with van der Waals surface area (Å²) >= 11 is 0. The number of hydrogen-bond donors (Lipinski definition) is 1. The fourth-order valence-electron chi connectivity index (χ4n) is 4.89. The number of pyridine rings is 1. The maximum atomic E-state index is 14.1. The Balaban J connectivity index is 1.25. The SMILES string of the molecule is O=C(c1ccc(CS(=O)(=O)c2ccc(F)c3cccnc23)cc1)N1CCC(O)(Cc2ccccc2F)CC1. The van der Waals surface area contributed by atoms with Crippen LogP contribution in [0.5, 0.6) is 0 Å². The standard InChI is InChI=1S/C29H26F2N2O4S/c30-24-6-2-1-4-22(24)18-29(35)13-16-33(17-14-29)28(34)21-9-7-20(8-10-21)19-38(36,37)26-12-11-25(31)23-5-3-15-32-27(23)26/h1-12,15,35H,13-14,16-19H2. The van der Waals surface area contributed by atoms with Gasteiger partial charge in [-0.1, -0.05) is 30.3 Å². The second-order valence-electron chi connectivity index (χ2n) is 9.69. The second-order valence-corrected chi connectivity index (χ2v) is 11.6. The van der Waals surface area contributed by atoms with Crippen molar-refractivity contribution in [1.82, 2.24) is 9.88 Å². The summed E-state index contributed by atoms with van der Waals surface area (Å²) in [6, 6.07) is 18.1. The molecule has 2 heterocycles. The van der Waals surface area contributed by atoms with E-state index in [1.807, 2.05) is 0 Å². The third kappa shape index (κ3) is 5.30. The summed E-state index contributed by atoms with van der Waals surface area (Å²) < 4.78 is 54.4. The van der Waals surface area contributed by atoms with Crippen LogP contribution in [0.4, 0.5) is 8.78 Å². The van der Waals surface area contributed by atoms with Crippen molar-refractivity contribution >= 4 is 26.6 Å². The van der Waals surface area contributed by atoms with Crippen LogP contribution in [0.2, 0.25) is 0 Å². The third-order valence-electron chi connectivity index (χ3n) is 7.03. The van der Waals surface area contributed by atoms with Crippen molar-refractivity contribution in [3.05, 3.63) is 107 Å². The highest BCUT2D eigenvalue weighted by Crippen LogP contribution is 2.29. The van der Waals surface area contributed by atoms with E-state index in [-0.39, 0.29) is 39.7 Å². The minimum Gasteiger partial charge on any atom is -0.389 e. The zero-order valence-corrected chi connectivity index (χ0v) is 21.3.